The van der Waals surface area contributed by atoms with Crippen LogP contribution in [-0.2, 0) is 6.42 Å². The monoisotopic (exact) mass is 278 g/mol. The molecule has 2 rings (SSSR count). The fourth-order valence-corrected chi connectivity index (χ4v) is 2.13. The lowest BCUT2D eigenvalue weighted by Gasteiger charge is -2.10. The van der Waals surface area contributed by atoms with Crippen LogP contribution >= 0.6 is 0 Å². The quantitative estimate of drug-likeness (QED) is 0.914. The maximum absolute atomic E-state index is 12.3. The molecule has 21 heavy (non-hydrogen) atoms. The van der Waals surface area contributed by atoms with Gasteiger partial charge in [-0.05, 0) is 35.2 Å². The molecule has 3 heteroatoms. The van der Waals surface area contributed by atoms with Gasteiger partial charge in [-0.1, -0.05) is 44.2 Å². The van der Waals surface area contributed by atoms with Crippen LogP contribution < -0.4 is 5.32 Å². The first-order chi connectivity index (χ1) is 10.1. The van der Waals surface area contributed by atoms with Gasteiger partial charge in [-0.25, -0.2) is 0 Å². The molecular weight excluding hydrogens is 260 g/mol. The summed E-state index contributed by atoms with van der Waals surface area (Å²) < 4.78 is 0. The van der Waals surface area contributed by atoms with Gasteiger partial charge in [0.1, 0.15) is 0 Å². The number of carbonyl (C=O) groups is 1. The number of rotatable bonds is 4. The fourth-order valence-electron chi connectivity index (χ4n) is 2.13. The van der Waals surface area contributed by atoms with Crippen LogP contribution in [0.2, 0.25) is 0 Å². The Morgan fingerprint density at radius 2 is 1.81 bits per heavy atom. The van der Waals surface area contributed by atoms with Gasteiger partial charge < -0.3 is 5.32 Å². The Morgan fingerprint density at radius 1 is 1.14 bits per heavy atom. The molecule has 3 nitrogen and oxygen atoms in total. The standard InChI is InChI=1S/C18H18N2O/c1-13(2)14-7-9-16(10-8-14)20-18(21)17-6-4-3-5-15(17)11-12-19/h3-10,13H,11H2,1-2H3,(H,20,21). The zero-order valence-corrected chi connectivity index (χ0v) is 12.3. The largest absolute Gasteiger partial charge is 0.322 e. The van der Waals surface area contributed by atoms with Crippen molar-refractivity contribution in [1.82, 2.24) is 0 Å². The summed E-state index contributed by atoms with van der Waals surface area (Å²) in [6.07, 6.45) is 0.232. The molecule has 0 fully saturated rings. The first-order valence-electron chi connectivity index (χ1n) is 6.98. The summed E-state index contributed by atoms with van der Waals surface area (Å²) in [6.45, 7) is 4.26. The van der Waals surface area contributed by atoms with Crippen LogP contribution in [0.4, 0.5) is 5.69 Å². The minimum atomic E-state index is -0.182. The number of hydrogen-bond donors (Lipinski definition) is 1. The molecule has 0 aliphatic rings. The Balaban J connectivity index is 2.16. The highest BCUT2D eigenvalue weighted by Gasteiger charge is 2.11. The van der Waals surface area contributed by atoms with E-state index in [0.717, 1.165) is 11.3 Å². The van der Waals surface area contributed by atoms with E-state index in [0.29, 0.717) is 11.5 Å². The topological polar surface area (TPSA) is 52.9 Å². The Morgan fingerprint density at radius 3 is 2.43 bits per heavy atom. The molecule has 2 aromatic carbocycles. The molecule has 1 amide bonds. The van der Waals surface area contributed by atoms with Crippen molar-refractivity contribution in [3.8, 4) is 6.07 Å². The summed E-state index contributed by atoms with van der Waals surface area (Å²) >= 11 is 0. The number of hydrogen-bond acceptors (Lipinski definition) is 2. The normalized spacial score (nSPS) is 10.2. The third-order valence-corrected chi connectivity index (χ3v) is 3.37. The minimum absolute atomic E-state index is 0.182. The number of amides is 1. The van der Waals surface area contributed by atoms with Gasteiger partial charge in [0.25, 0.3) is 5.91 Å². The molecule has 0 aliphatic heterocycles. The summed E-state index contributed by atoms with van der Waals surface area (Å²) in [4.78, 5) is 12.3. The van der Waals surface area contributed by atoms with Gasteiger partial charge in [-0.15, -0.1) is 0 Å². The van der Waals surface area contributed by atoms with Crippen molar-refractivity contribution in [2.45, 2.75) is 26.2 Å². The summed E-state index contributed by atoms with van der Waals surface area (Å²) in [5.74, 6) is 0.282. The van der Waals surface area contributed by atoms with Gasteiger partial charge in [-0.3, -0.25) is 4.79 Å². The number of nitrogens with zero attached hydrogens (tertiary/aromatic N) is 1. The Bertz CT molecular complexity index is 666. The summed E-state index contributed by atoms with van der Waals surface area (Å²) in [7, 11) is 0. The molecule has 1 N–H and O–H groups in total. The lowest BCUT2D eigenvalue weighted by atomic mass is 10.0. The van der Waals surface area contributed by atoms with Gasteiger partial charge in [0, 0.05) is 11.3 Å². The zero-order chi connectivity index (χ0) is 15.2. The highest BCUT2D eigenvalue weighted by atomic mass is 16.1. The van der Waals surface area contributed by atoms with Crippen LogP contribution in [0, 0.1) is 11.3 Å². The van der Waals surface area contributed by atoms with E-state index in [-0.39, 0.29) is 12.3 Å². The molecule has 0 saturated heterocycles. The molecule has 0 spiro atoms. The highest BCUT2D eigenvalue weighted by Crippen LogP contribution is 2.18. The highest BCUT2D eigenvalue weighted by molar-refractivity contribution is 6.05. The second-order valence-corrected chi connectivity index (χ2v) is 5.22. The van der Waals surface area contributed by atoms with E-state index in [1.54, 1.807) is 18.2 Å². The average Bonchev–Trinajstić information content (AvgIpc) is 2.48. The Hall–Kier alpha value is -2.60. The maximum Gasteiger partial charge on any atom is 0.255 e. The van der Waals surface area contributed by atoms with Crippen LogP contribution in [0.25, 0.3) is 0 Å². The van der Waals surface area contributed by atoms with E-state index in [2.05, 4.69) is 25.2 Å². The van der Waals surface area contributed by atoms with Gasteiger partial charge in [0.2, 0.25) is 0 Å². The average molecular weight is 278 g/mol. The molecule has 0 aromatic heterocycles. The SMILES string of the molecule is CC(C)c1ccc(NC(=O)c2ccccc2CC#N)cc1. The van der Waals surface area contributed by atoms with Gasteiger partial charge in [0.15, 0.2) is 0 Å². The second kappa shape index (κ2) is 6.71. The first-order valence-corrected chi connectivity index (χ1v) is 6.98. The van der Waals surface area contributed by atoms with E-state index >= 15 is 0 Å². The predicted molar refractivity (Wildman–Crippen MR) is 84.2 cm³/mol. The van der Waals surface area contributed by atoms with Crippen molar-refractivity contribution >= 4 is 11.6 Å². The van der Waals surface area contributed by atoms with Gasteiger partial charge >= 0.3 is 0 Å². The molecule has 0 unspecified atom stereocenters. The Labute approximate surface area is 125 Å². The predicted octanol–water partition coefficient (Wildman–Crippen LogP) is 4.13. The summed E-state index contributed by atoms with van der Waals surface area (Å²) in [6, 6.07) is 17.1. The molecule has 0 saturated carbocycles. The molecule has 0 bridgehead atoms. The third kappa shape index (κ3) is 3.70. The molecule has 2 aromatic rings. The Kier molecular flexibility index (Phi) is 4.73. The molecule has 0 atom stereocenters. The van der Waals surface area contributed by atoms with E-state index in [1.807, 2.05) is 30.3 Å². The van der Waals surface area contributed by atoms with E-state index in [9.17, 15) is 4.79 Å². The molecule has 0 aliphatic carbocycles. The fraction of sp³-hybridized carbons (Fsp3) is 0.222. The minimum Gasteiger partial charge on any atom is -0.322 e. The summed E-state index contributed by atoms with van der Waals surface area (Å²) in [5, 5.41) is 11.7. The molecule has 0 heterocycles. The number of anilines is 1. The maximum atomic E-state index is 12.3. The summed E-state index contributed by atoms with van der Waals surface area (Å²) in [5.41, 5.74) is 3.29. The van der Waals surface area contributed by atoms with Crippen molar-refractivity contribution < 1.29 is 4.79 Å². The van der Waals surface area contributed by atoms with Crippen molar-refractivity contribution in [2.75, 3.05) is 5.32 Å². The van der Waals surface area contributed by atoms with Crippen molar-refractivity contribution in [2.24, 2.45) is 0 Å². The van der Waals surface area contributed by atoms with Crippen molar-refractivity contribution in [3.05, 3.63) is 65.2 Å². The van der Waals surface area contributed by atoms with Crippen LogP contribution in [0.1, 0.15) is 41.3 Å². The molecule has 0 radical (unpaired) electrons. The number of benzene rings is 2. The first kappa shape index (κ1) is 14.8. The van der Waals surface area contributed by atoms with Crippen LogP contribution in [0.15, 0.2) is 48.5 Å². The lowest BCUT2D eigenvalue weighted by Crippen LogP contribution is -2.14. The van der Waals surface area contributed by atoms with Crippen molar-refractivity contribution in [3.63, 3.8) is 0 Å². The van der Waals surface area contributed by atoms with Crippen LogP contribution in [-0.4, -0.2) is 5.91 Å². The smallest absolute Gasteiger partial charge is 0.255 e. The second-order valence-electron chi connectivity index (χ2n) is 5.22. The van der Waals surface area contributed by atoms with Crippen molar-refractivity contribution in [1.29, 1.82) is 5.26 Å². The van der Waals surface area contributed by atoms with E-state index < -0.39 is 0 Å². The van der Waals surface area contributed by atoms with E-state index in [4.69, 9.17) is 5.26 Å². The molecule has 106 valence electrons. The van der Waals surface area contributed by atoms with Crippen LogP contribution in [0.3, 0.4) is 0 Å². The number of nitrogens with one attached hydrogen (secondary N) is 1. The van der Waals surface area contributed by atoms with Crippen LogP contribution in [0.5, 0.6) is 0 Å². The van der Waals surface area contributed by atoms with Gasteiger partial charge in [-0.2, -0.15) is 5.26 Å². The van der Waals surface area contributed by atoms with E-state index in [1.165, 1.54) is 5.56 Å². The number of carbonyl (C=O) groups excluding carboxylic acids is 1. The van der Waals surface area contributed by atoms with Gasteiger partial charge in [0.05, 0.1) is 12.5 Å². The zero-order valence-electron chi connectivity index (χ0n) is 12.3. The lowest BCUT2D eigenvalue weighted by molar-refractivity contribution is 0.102. The third-order valence-electron chi connectivity index (χ3n) is 3.37. The number of nitriles is 1. The molecular formula is C18H18N2O.